The number of nitrogens with zero attached hydrogens (tertiary/aromatic N) is 2. The van der Waals surface area contributed by atoms with E-state index in [4.69, 9.17) is 5.73 Å². The monoisotopic (exact) mass is 330 g/mol. The maximum absolute atomic E-state index is 12.1. The molecule has 0 radical (unpaired) electrons. The third-order valence-corrected chi connectivity index (χ3v) is 3.15. The summed E-state index contributed by atoms with van der Waals surface area (Å²) >= 11 is 0. The van der Waals surface area contributed by atoms with Gasteiger partial charge in [-0.05, 0) is 19.1 Å². The smallest absolute Gasteiger partial charge is 0.228 e. The molecule has 2 unspecified atom stereocenters. The van der Waals surface area contributed by atoms with Crippen LogP contribution in [0.15, 0.2) is 43.0 Å². The minimum absolute atomic E-state index is 0. The van der Waals surface area contributed by atoms with Gasteiger partial charge < -0.3 is 15.6 Å². The molecule has 0 fully saturated rings. The number of hydrogen-bond donors (Lipinski definition) is 2. The fourth-order valence-corrected chi connectivity index (χ4v) is 1.69. The minimum Gasteiger partial charge on any atom is -0.327 e. The van der Waals surface area contributed by atoms with Gasteiger partial charge in [-0.15, -0.1) is 24.8 Å². The zero-order chi connectivity index (χ0) is 13.8. The molecule has 0 aliphatic heterocycles. The van der Waals surface area contributed by atoms with Crippen LogP contribution in [0.4, 0.5) is 5.69 Å². The van der Waals surface area contributed by atoms with Gasteiger partial charge in [0.1, 0.15) is 0 Å². The van der Waals surface area contributed by atoms with E-state index in [-0.39, 0.29) is 42.7 Å². The number of para-hydroxylation sites is 2. The summed E-state index contributed by atoms with van der Waals surface area (Å²) in [5.74, 6) is -0.321. The summed E-state index contributed by atoms with van der Waals surface area (Å²) in [5, 5.41) is 2.91. The number of halogens is 2. The maximum Gasteiger partial charge on any atom is 0.228 e. The number of imidazole rings is 1. The normalized spacial score (nSPS) is 12.5. The van der Waals surface area contributed by atoms with Crippen molar-refractivity contribution in [1.29, 1.82) is 0 Å². The second-order valence-corrected chi connectivity index (χ2v) is 4.62. The highest BCUT2D eigenvalue weighted by Gasteiger charge is 2.18. The Morgan fingerprint density at radius 2 is 1.95 bits per heavy atom. The van der Waals surface area contributed by atoms with Gasteiger partial charge in [-0.25, -0.2) is 4.98 Å². The van der Waals surface area contributed by atoms with E-state index in [1.54, 1.807) is 12.5 Å². The predicted molar refractivity (Wildman–Crippen MR) is 89.5 cm³/mol. The van der Waals surface area contributed by atoms with E-state index >= 15 is 0 Å². The first-order valence-corrected chi connectivity index (χ1v) is 6.23. The molecule has 0 bridgehead atoms. The first-order valence-electron chi connectivity index (χ1n) is 6.23. The van der Waals surface area contributed by atoms with Crippen LogP contribution in [0.3, 0.4) is 0 Å². The lowest BCUT2D eigenvalue weighted by atomic mass is 10.0. The number of benzene rings is 1. The molecule has 1 amide bonds. The maximum atomic E-state index is 12.1. The van der Waals surface area contributed by atoms with Gasteiger partial charge in [0.2, 0.25) is 5.91 Å². The van der Waals surface area contributed by atoms with E-state index in [1.165, 1.54) is 0 Å². The van der Waals surface area contributed by atoms with Crippen LogP contribution in [0.1, 0.15) is 13.8 Å². The Bertz CT molecular complexity index is 558. The summed E-state index contributed by atoms with van der Waals surface area (Å²) in [6, 6.07) is 7.40. The van der Waals surface area contributed by atoms with Crippen LogP contribution in [-0.2, 0) is 4.79 Å². The van der Waals surface area contributed by atoms with Crippen LogP contribution in [0.25, 0.3) is 5.69 Å². The number of anilines is 1. The molecule has 0 spiro atoms. The molecule has 1 heterocycles. The van der Waals surface area contributed by atoms with Crippen molar-refractivity contribution in [3.63, 3.8) is 0 Å². The van der Waals surface area contributed by atoms with Crippen LogP contribution in [0, 0.1) is 5.92 Å². The summed E-state index contributed by atoms with van der Waals surface area (Å²) in [7, 11) is 0. The molecule has 2 atom stereocenters. The zero-order valence-corrected chi connectivity index (χ0v) is 13.5. The van der Waals surface area contributed by atoms with Crippen molar-refractivity contribution < 1.29 is 4.79 Å². The topological polar surface area (TPSA) is 72.9 Å². The first kappa shape index (κ1) is 19.4. The molecule has 5 nitrogen and oxygen atoms in total. The second kappa shape index (κ2) is 8.67. The van der Waals surface area contributed by atoms with Crippen LogP contribution in [-0.4, -0.2) is 21.5 Å². The fourth-order valence-electron chi connectivity index (χ4n) is 1.69. The highest BCUT2D eigenvalue weighted by molar-refractivity contribution is 5.94. The Kier molecular flexibility index (Phi) is 8.02. The van der Waals surface area contributed by atoms with Gasteiger partial charge >= 0.3 is 0 Å². The van der Waals surface area contributed by atoms with Gasteiger partial charge in [0.25, 0.3) is 0 Å². The van der Waals surface area contributed by atoms with Crippen molar-refractivity contribution in [3.05, 3.63) is 43.0 Å². The molecule has 0 saturated carbocycles. The standard InChI is InChI=1S/C14H18N4O.2ClH/c1-10(11(2)15)14(19)17-12-5-3-4-6-13(12)18-8-7-16-9-18;;/h3-11H,15H2,1-2H3,(H,17,19);2*1H. The van der Waals surface area contributed by atoms with Crippen molar-refractivity contribution in [3.8, 4) is 5.69 Å². The van der Waals surface area contributed by atoms with E-state index in [1.807, 2.05) is 48.9 Å². The van der Waals surface area contributed by atoms with E-state index in [0.717, 1.165) is 11.4 Å². The lowest BCUT2D eigenvalue weighted by Gasteiger charge is -2.17. The van der Waals surface area contributed by atoms with Gasteiger partial charge in [-0.2, -0.15) is 0 Å². The number of nitrogens with one attached hydrogen (secondary N) is 1. The third kappa shape index (κ3) is 4.74. The van der Waals surface area contributed by atoms with Crippen molar-refractivity contribution in [2.75, 3.05) is 5.32 Å². The van der Waals surface area contributed by atoms with Gasteiger partial charge in [0.15, 0.2) is 0 Å². The highest BCUT2D eigenvalue weighted by atomic mass is 35.5. The average Bonchev–Trinajstić information content (AvgIpc) is 2.92. The zero-order valence-electron chi connectivity index (χ0n) is 11.9. The molecule has 2 rings (SSSR count). The molecule has 1 aromatic carbocycles. The third-order valence-electron chi connectivity index (χ3n) is 3.15. The minimum atomic E-state index is -0.240. The van der Waals surface area contributed by atoms with Gasteiger partial charge in [-0.3, -0.25) is 4.79 Å². The van der Waals surface area contributed by atoms with Crippen molar-refractivity contribution in [2.45, 2.75) is 19.9 Å². The summed E-state index contributed by atoms with van der Waals surface area (Å²) in [6.45, 7) is 3.64. The largest absolute Gasteiger partial charge is 0.327 e. The Labute approximate surface area is 136 Å². The molecule has 7 heteroatoms. The number of nitrogens with two attached hydrogens (primary N) is 1. The summed E-state index contributed by atoms with van der Waals surface area (Å²) in [6.07, 6.45) is 5.23. The van der Waals surface area contributed by atoms with Gasteiger partial charge in [0, 0.05) is 18.4 Å². The van der Waals surface area contributed by atoms with E-state index in [0.29, 0.717) is 0 Å². The Balaban J connectivity index is 0.00000200. The molecular formula is C14H20Cl2N4O. The lowest BCUT2D eigenvalue weighted by Crippen LogP contribution is -2.34. The van der Waals surface area contributed by atoms with Crippen LogP contribution >= 0.6 is 24.8 Å². The molecule has 0 aliphatic rings. The van der Waals surface area contributed by atoms with E-state index < -0.39 is 0 Å². The number of aromatic nitrogens is 2. The fraction of sp³-hybridized carbons (Fsp3) is 0.286. The molecular weight excluding hydrogens is 311 g/mol. The average molecular weight is 331 g/mol. The number of carbonyl (C=O) groups is 1. The lowest BCUT2D eigenvalue weighted by molar-refractivity contribution is -0.119. The van der Waals surface area contributed by atoms with Crippen LogP contribution < -0.4 is 11.1 Å². The summed E-state index contributed by atoms with van der Waals surface area (Å²) in [5.41, 5.74) is 7.38. The Morgan fingerprint density at radius 3 is 2.52 bits per heavy atom. The summed E-state index contributed by atoms with van der Waals surface area (Å²) in [4.78, 5) is 16.1. The van der Waals surface area contributed by atoms with Gasteiger partial charge in [0.05, 0.1) is 23.6 Å². The van der Waals surface area contributed by atoms with E-state index in [9.17, 15) is 4.79 Å². The van der Waals surface area contributed by atoms with Crippen molar-refractivity contribution in [1.82, 2.24) is 9.55 Å². The summed E-state index contributed by atoms with van der Waals surface area (Å²) < 4.78 is 1.85. The molecule has 21 heavy (non-hydrogen) atoms. The molecule has 3 N–H and O–H groups in total. The molecule has 1 aromatic heterocycles. The Morgan fingerprint density at radius 1 is 1.29 bits per heavy atom. The number of amides is 1. The van der Waals surface area contributed by atoms with Crippen LogP contribution in [0.2, 0.25) is 0 Å². The van der Waals surface area contributed by atoms with Crippen molar-refractivity contribution >= 4 is 36.4 Å². The molecule has 0 saturated heterocycles. The molecule has 0 aliphatic carbocycles. The number of carbonyl (C=O) groups excluding carboxylic acids is 1. The van der Waals surface area contributed by atoms with E-state index in [2.05, 4.69) is 10.3 Å². The number of rotatable bonds is 4. The van der Waals surface area contributed by atoms with Crippen LogP contribution in [0.5, 0.6) is 0 Å². The second-order valence-electron chi connectivity index (χ2n) is 4.62. The molecule has 2 aromatic rings. The van der Waals surface area contributed by atoms with Crippen molar-refractivity contribution in [2.24, 2.45) is 11.7 Å². The number of hydrogen-bond acceptors (Lipinski definition) is 3. The Hall–Kier alpha value is -1.56. The SMILES string of the molecule is CC(N)C(C)C(=O)Nc1ccccc1-n1ccnc1.Cl.Cl. The molecule has 116 valence electrons. The predicted octanol–water partition coefficient (Wildman–Crippen LogP) is 2.64. The van der Waals surface area contributed by atoms with Gasteiger partial charge in [-0.1, -0.05) is 19.1 Å². The first-order chi connectivity index (χ1) is 9.09. The quantitative estimate of drug-likeness (QED) is 0.905. The highest BCUT2D eigenvalue weighted by Crippen LogP contribution is 2.20.